The van der Waals surface area contributed by atoms with Gasteiger partial charge < -0.3 is 10.6 Å². The number of halogens is 1. The fraction of sp³-hybridized carbons (Fsp3) is 0.235. The molecule has 0 aromatic heterocycles. The second kappa shape index (κ2) is 7.96. The molecule has 2 rings (SSSR count). The van der Waals surface area contributed by atoms with Crippen LogP contribution in [0.1, 0.15) is 24.9 Å². The van der Waals surface area contributed by atoms with Crippen molar-refractivity contribution in [3.8, 4) is 0 Å². The molecule has 1 atom stereocenters. The first kappa shape index (κ1) is 15.7. The molecule has 0 bridgehead atoms. The van der Waals surface area contributed by atoms with Gasteiger partial charge in [0.25, 0.3) is 0 Å². The van der Waals surface area contributed by atoms with Gasteiger partial charge in [-0.25, -0.2) is 0 Å². The van der Waals surface area contributed by atoms with Crippen molar-refractivity contribution >= 4 is 27.5 Å². The van der Waals surface area contributed by atoms with Gasteiger partial charge >= 0.3 is 0 Å². The smallest absolute Gasteiger partial charge is 0.238 e. The minimum atomic E-state index is -0.0394. The molecule has 21 heavy (non-hydrogen) atoms. The van der Waals surface area contributed by atoms with E-state index in [-0.39, 0.29) is 11.9 Å². The van der Waals surface area contributed by atoms with Crippen molar-refractivity contribution in [1.29, 1.82) is 0 Å². The molecule has 0 spiro atoms. The Morgan fingerprint density at radius 3 is 2.57 bits per heavy atom. The quantitative estimate of drug-likeness (QED) is 0.825. The van der Waals surface area contributed by atoms with Crippen molar-refractivity contribution in [2.45, 2.75) is 19.4 Å². The minimum Gasteiger partial charge on any atom is -0.325 e. The third kappa shape index (κ3) is 4.99. The van der Waals surface area contributed by atoms with E-state index in [0.29, 0.717) is 6.54 Å². The Labute approximate surface area is 133 Å². The van der Waals surface area contributed by atoms with E-state index in [1.165, 1.54) is 5.56 Å². The molecular formula is C17H19BrN2O. The number of hydrogen-bond acceptors (Lipinski definition) is 2. The van der Waals surface area contributed by atoms with Crippen LogP contribution in [0.4, 0.5) is 5.69 Å². The number of anilines is 1. The predicted molar refractivity (Wildman–Crippen MR) is 90.2 cm³/mol. The lowest BCUT2D eigenvalue weighted by Crippen LogP contribution is -2.31. The topological polar surface area (TPSA) is 41.1 Å². The maximum Gasteiger partial charge on any atom is 0.238 e. The summed E-state index contributed by atoms with van der Waals surface area (Å²) in [5.74, 6) is -0.0394. The van der Waals surface area contributed by atoms with Crippen molar-refractivity contribution in [3.63, 3.8) is 0 Å². The highest BCUT2D eigenvalue weighted by atomic mass is 79.9. The van der Waals surface area contributed by atoms with Crippen LogP contribution >= 0.6 is 15.9 Å². The molecule has 0 fully saturated rings. The van der Waals surface area contributed by atoms with Crippen molar-refractivity contribution in [2.75, 3.05) is 11.9 Å². The zero-order valence-electron chi connectivity index (χ0n) is 12.0. The first-order valence-electron chi connectivity index (χ1n) is 7.02. The number of nitrogens with one attached hydrogen (secondary N) is 2. The fourth-order valence-electron chi connectivity index (χ4n) is 2.17. The summed E-state index contributed by atoms with van der Waals surface area (Å²) in [5, 5.41) is 6.18. The normalized spacial score (nSPS) is 11.9. The van der Waals surface area contributed by atoms with Gasteiger partial charge in [-0.15, -0.1) is 0 Å². The lowest BCUT2D eigenvalue weighted by molar-refractivity contribution is -0.115. The molecule has 0 saturated carbocycles. The van der Waals surface area contributed by atoms with Gasteiger partial charge in [-0.1, -0.05) is 59.3 Å². The summed E-state index contributed by atoms with van der Waals surface area (Å²) in [7, 11) is 0. The number of rotatable bonds is 6. The van der Waals surface area contributed by atoms with Crippen LogP contribution in [0.15, 0.2) is 59.1 Å². The van der Waals surface area contributed by atoms with Crippen LogP contribution in [0.3, 0.4) is 0 Å². The zero-order valence-corrected chi connectivity index (χ0v) is 13.6. The van der Waals surface area contributed by atoms with E-state index in [9.17, 15) is 4.79 Å². The van der Waals surface area contributed by atoms with E-state index in [4.69, 9.17) is 0 Å². The third-order valence-electron chi connectivity index (χ3n) is 3.23. The SMILES string of the molecule is CCC(NCC(=O)Nc1cccc(Br)c1)c1ccccc1. The number of hydrogen-bond donors (Lipinski definition) is 2. The van der Waals surface area contributed by atoms with E-state index in [1.54, 1.807) is 0 Å². The predicted octanol–water partition coefficient (Wildman–Crippen LogP) is 4.13. The maximum absolute atomic E-state index is 12.0. The molecule has 3 nitrogen and oxygen atoms in total. The molecule has 1 unspecified atom stereocenters. The Balaban J connectivity index is 1.88. The monoisotopic (exact) mass is 346 g/mol. The Morgan fingerprint density at radius 1 is 1.14 bits per heavy atom. The first-order valence-corrected chi connectivity index (χ1v) is 7.82. The Hall–Kier alpha value is -1.65. The lowest BCUT2D eigenvalue weighted by atomic mass is 10.0. The number of amides is 1. The molecule has 0 heterocycles. The molecule has 4 heteroatoms. The molecule has 0 aliphatic rings. The van der Waals surface area contributed by atoms with Gasteiger partial charge in [0, 0.05) is 16.2 Å². The van der Waals surface area contributed by atoms with Gasteiger partial charge in [0.15, 0.2) is 0 Å². The van der Waals surface area contributed by atoms with E-state index in [0.717, 1.165) is 16.6 Å². The molecule has 0 aliphatic heterocycles. The maximum atomic E-state index is 12.0. The highest BCUT2D eigenvalue weighted by Crippen LogP contribution is 2.17. The summed E-state index contributed by atoms with van der Waals surface area (Å²) in [5.41, 5.74) is 2.00. The standard InChI is InChI=1S/C17H19BrN2O/c1-2-16(13-7-4-3-5-8-13)19-12-17(21)20-15-10-6-9-14(18)11-15/h3-11,16,19H,2,12H2,1H3,(H,20,21). The van der Waals surface area contributed by atoms with Crippen LogP contribution in [-0.4, -0.2) is 12.5 Å². The average Bonchev–Trinajstić information content (AvgIpc) is 2.49. The summed E-state index contributed by atoms with van der Waals surface area (Å²) < 4.78 is 0.948. The number of carbonyl (C=O) groups excluding carboxylic acids is 1. The summed E-state index contributed by atoms with van der Waals surface area (Å²) in [6.45, 7) is 2.40. The van der Waals surface area contributed by atoms with E-state index < -0.39 is 0 Å². The van der Waals surface area contributed by atoms with E-state index >= 15 is 0 Å². The van der Waals surface area contributed by atoms with Gasteiger partial charge in [-0.3, -0.25) is 4.79 Å². The average molecular weight is 347 g/mol. The molecule has 2 aromatic rings. The summed E-state index contributed by atoms with van der Waals surface area (Å²) in [6.07, 6.45) is 0.939. The van der Waals surface area contributed by atoms with Crippen molar-refractivity contribution in [2.24, 2.45) is 0 Å². The summed E-state index contributed by atoms with van der Waals surface area (Å²) in [6, 6.07) is 17.9. The zero-order chi connectivity index (χ0) is 15.1. The minimum absolute atomic E-state index is 0.0394. The van der Waals surface area contributed by atoms with Crippen molar-refractivity contribution < 1.29 is 4.79 Å². The van der Waals surface area contributed by atoms with Crippen LogP contribution in [0.5, 0.6) is 0 Å². The molecule has 2 aromatic carbocycles. The molecule has 0 aliphatic carbocycles. The molecule has 110 valence electrons. The largest absolute Gasteiger partial charge is 0.325 e. The molecule has 0 radical (unpaired) electrons. The van der Waals surface area contributed by atoms with Crippen LogP contribution in [-0.2, 0) is 4.79 Å². The van der Waals surface area contributed by atoms with Gasteiger partial charge in [0.2, 0.25) is 5.91 Å². The third-order valence-corrected chi connectivity index (χ3v) is 3.72. The van der Waals surface area contributed by atoms with E-state index in [1.807, 2.05) is 42.5 Å². The Morgan fingerprint density at radius 2 is 1.90 bits per heavy atom. The van der Waals surface area contributed by atoms with E-state index in [2.05, 4.69) is 45.6 Å². The first-order chi connectivity index (χ1) is 10.2. The Bertz CT molecular complexity index is 586. The summed E-state index contributed by atoms with van der Waals surface area (Å²) >= 11 is 3.39. The van der Waals surface area contributed by atoms with Gasteiger partial charge in [-0.2, -0.15) is 0 Å². The highest BCUT2D eigenvalue weighted by molar-refractivity contribution is 9.10. The fourth-order valence-corrected chi connectivity index (χ4v) is 2.57. The molecule has 2 N–H and O–H groups in total. The molecule has 0 saturated heterocycles. The van der Waals surface area contributed by atoms with Gasteiger partial charge in [-0.05, 0) is 30.2 Å². The van der Waals surface area contributed by atoms with Gasteiger partial charge in [0.1, 0.15) is 0 Å². The molecule has 1 amide bonds. The summed E-state index contributed by atoms with van der Waals surface area (Å²) in [4.78, 5) is 12.0. The number of carbonyl (C=O) groups is 1. The van der Waals surface area contributed by atoms with Crippen LogP contribution in [0, 0.1) is 0 Å². The van der Waals surface area contributed by atoms with Crippen molar-refractivity contribution in [1.82, 2.24) is 5.32 Å². The lowest BCUT2D eigenvalue weighted by Gasteiger charge is -2.17. The van der Waals surface area contributed by atoms with Gasteiger partial charge in [0.05, 0.1) is 6.54 Å². The van der Waals surface area contributed by atoms with Crippen LogP contribution < -0.4 is 10.6 Å². The highest BCUT2D eigenvalue weighted by Gasteiger charge is 2.10. The van der Waals surface area contributed by atoms with Crippen molar-refractivity contribution in [3.05, 3.63) is 64.6 Å². The molecular weight excluding hydrogens is 328 g/mol. The number of benzene rings is 2. The second-order valence-corrected chi connectivity index (χ2v) is 5.73. The van der Waals surface area contributed by atoms with Crippen LogP contribution in [0.2, 0.25) is 0 Å². The second-order valence-electron chi connectivity index (χ2n) is 4.81. The Kier molecular flexibility index (Phi) is 5.96. The van der Waals surface area contributed by atoms with Crippen LogP contribution in [0.25, 0.3) is 0 Å².